The number of hydrogen-bond acceptors (Lipinski definition) is 8. The van der Waals surface area contributed by atoms with Gasteiger partial charge in [0.15, 0.2) is 5.96 Å². The van der Waals surface area contributed by atoms with Crippen LogP contribution in [0.1, 0.15) is 52.4 Å². The summed E-state index contributed by atoms with van der Waals surface area (Å²) in [5.74, 6) is -6.05. The number of aliphatic imine (C=N–C) groups is 1. The topological polar surface area (TPSA) is 301 Å². The van der Waals surface area contributed by atoms with Gasteiger partial charge in [-0.15, -0.1) is 0 Å². The van der Waals surface area contributed by atoms with Crippen LogP contribution in [0.3, 0.4) is 0 Å². The third-order valence-corrected chi connectivity index (χ3v) is 5.47. The van der Waals surface area contributed by atoms with Crippen LogP contribution in [0, 0.1) is 5.92 Å². The van der Waals surface area contributed by atoms with Crippen molar-refractivity contribution in [3.63, 3.8) is 0 Å². The molecule has 0 heterocycles. The first-order valence-corrected chi connectivity index (χ1v) is 11.7. The second-order valence-corrected chi connectivity index (χ2v) is 8.56. The molecule has 0 saturated carbocycles. The highest BCUT2D eigenvalue weighted by atomic mass is 16.4. The number of primary amides is 2. The molecular weight excluding hydrogens is 490 g/mol. The number of aliphatic carboxylic acids is 1. The van der Waals surface area contributed by atoms with E-state index in [1.807, 2.05) is 6.92 Å². The van der Waals surface area contributed by atoms with Crippen LogP contribution in [0.5, 0.6) is 0 Å². The normalized spacial score (nSPS) is 14.7. The standard InChI is InChI=1S/C21H39N9O7/c1-3-10(2)16(24)19(35)28-11(6-7-14(22)31)17(33)30-13(9-15(23)32)18(34)29-12(20(36)37)5-4-8-27-21(25)26/h10-13,16H,3-9,24H2,1-2H3,(H2,22,31)(H2,23,32)(H,28,35)(H,29,34)(H,30,33)(H,36,37)(H4,25,26,27). The molecule has 0 aliphatic heterocycles. The zero-order valence-electron chi connectivity index (χ0n) is 21.1. The van der Waals surface area contributed by atoms with Crippen molar-refractivity contribution in [2.75, 3.05) is 6.54 Å². The predicted octanol–water partition coefficient (Wildman–Crippen LogP) is -3.91. The summed E-state index contributed by atoms with van der Waals surface area (Å²) in [4.78, 5) is 76.3. The second kappa shape index (κ2) is 16.7. The molecule has 0 fully saturated rings. The van der Waals surface area contributed by atoms with E-state index in [2.05, 4.69) is 20.9 Å². The van der Waals surface area contributed by atoms with Crippen LogP contribution < -0.4 is 44.6 Å². The molecule has 16 heteroatoms. The van der Waals surface area contributed by atoms with Gasteiger partial charge in [-0.2, -0.15) is 0 Å². The van der Waals surface area contributed by atoms with Crippen molar-refractivity contribution in [1.82, 2.24) is 16.0 Å². The number of carboxylic acid groups (broad SMARTS) is 1. The lowest BCUT2D eigenvalue weighted by atomic mass is 9.98. The largest absolute Gasteiger partial charge is 0.480 e. The van der Waals surface area contributed by atoms with Crippen molar-refractivity contribution in [2.45, 2.75) is 76.5 Å². The van der Waals surface area contributed by atoms with Gasteiger partial charge in [0.05, 0.1) is 12.5 Å². The fourth-order valence-electron chi connectivity index (χ4n) is 3.05. The summed E-state index contributed by atoms with van der Waals surface area (Å²) < 4.78 is 0. The third-order valence-electron chi connectivity index (χ3n) is 5.47. The number of nitrogens with two attached hydrogens (primary N) is 5. The minimum absolute atomic E-state index is 0.0557. The summed E-state index contributed by atoms with van der Waals surface area (Å²) in [6.45, 7) is 3.68. The maximum atomic E-state index is 12.9. The molecule has 0 spiro atoms. The summed E-state index contributed by atoms with van der Waals surface area (Å²) in [5, 5.41) is 16.4. The van der Waals surface area contributed by atoms with Gasteiger partial charge in [-0.05, 0) is 25.2 Å². The van der Waals surface area contributed by atoms with Gasteiger partial charge in [0.1, 0.15) is 18.1 Å². The van der Waals surface area contributed by atoms with Crippen LogP contribution in [0.15, 0.2) is 4.99 Å². The number of carbonyl (C=O) groups is 6. The van der Waals surface area contributed by atoms with Gasteiger partial charge in [-0.3, -0.25) is 29.0 Å². The fraction of sp³-hybridized carbons (Fsp3) is 0.667. The van der Waals surface area contributed by atoms with E-state index >= 15 is 0 Å². The molecule has 5 atom stereocenters. The highest BCUT2D eigenvalue weighted by Crippen LogP contribution is 2.08. The fourth-order valence-corrected chi connectivity index (χ4v) is 3.05. The van der Waals surface area contributed by atoms with Gasteiger partial charge in [0, 0.05) is 13.0 Å². The summed E-state index contributed by atoms with van der Waals surface area (Å²) >= 11 is 0. The minimum atomic E-state index is -1.57. The lowest BCUT2D eigenvalue weighted by Gasteiger charge is -2.25. The Balaban J connectivity index is 5.58. The Morgan fingerprint density at radius 1 is 0.811 bits per heavy atom. The Hall–Kier alpha value is -3.95. The molecule has 14 N–H and O–H groups in total. The lowest BCUT2D eigenvalue weighted by Crippen LogP contribution is -2.58. The molecule has 0 radical (unpaired) electrons. The SMILES string of the molecule is CCC(C)C(N)C(=O)NC(CCC(N)=O)C(=O)NC(CC(N)=O)C(=O)NC(CCCN=C(N)N)C(=O)O. The Morgan fingerprint density at radius 2 is 1.35 bits per heavy atom. The molecule has 0 saturated heterocycles. The number of guanidine groups is 1. The average Bonchev–Trinajstić information content (AvgIpc) is 2.80. The molecule has 5 unspecified atom stereocenters. The van der Waals surface area contributed by atoms with Crippen LogP contribution in [0.25, 0.3) is 0 Å². The molecule has 5 amide bonds. The summed E-state index contributed by atoms with van der Waals surface area (Å²) in [7, 11) is 0. The van der Waals surface area contributed by atoms with Gasteiger partial charge in [0.2, 0.25) is 29.5 Å². The number of hydrogen-bond donors (Lipinski definition) is 9. The first-order chi connectivity index (χ1) is 17.2. The van der Waals surface area contributed by atoms with Gasteiger partial charge < -0.3 is 49.7 Å². The smallest absolute Gasteiger partial charge is 0.326 e. The molecule has 16 nitrogen and oxygen atoms in total. The number of nitrogens with zero attached hydrogens (tertiary/aromatic N) is 1. The van der Waals surface area contributed by atoms with Crippen molar-refractivity contribution in [1.29, 1.82) is 0 Å². The zero-order valence-corrected chi connectivity index (χ0v) is 21.1. The van der Waals surface area contributed by atoms with E-state index in [9.17, 15) is 33.9 Å². The van der Waals surface area contributed by atoms with Gasteiger partial charge in [-0.1, -0.05) is 20.3 Å². The Kier molecular flexibility index (Phi) is 14.9. The van der Waals surface area contributed by atoms with Crippen molar-refractivity contribution in [2.24, 2.45) is 39.6 Å². The van der Waals surface area contributed by atoms with Gasteiger partial charge >= 0.3 is 5.97 Å². The van der Waals surface area contributed by atoms with Crippen LogP contribution in [0.4, 0.5) is 0 Å². The Labute approximate surface area is 214 Å². The van der Waals surface area contributed by atoms with Crippen molar-refractivity contribution in [3.05, 3.63) is 0 Å². The van der Waals surface area contributed by atoms with E-state index < -0.39 is 66.1 Å². The molecule has 210 valence electrons. The second-order valence-electron chi connectivity index (χ2n) is 8.56. The average molecular weight is 530 g/mol. The molecule has 0 aliphatic rings. The van der Waals surface area contributed by atoms with Crippen molar-refractivity contribution in [3.8, 4) is 0 Å². The molecule has 0 aromatic rings. The van der Waals surface area contributed by atoms with Crippen molar-refractivity contribution >= 4 is 41.5 Å². The van der Waals surface area contributed by atoms with Gasteiger partial charge in [-0.25, -0.2) is 4.79 Å². The van der Waals surface area contributed by atoms with Crippen molar-refractivity contribution < 1.29 is 33.9 Å². The van der Waals surface area contributed by atoms with E-state index in [0.717, 1.165) is 0 Å². The predicted molar refractivity (Wildman–Crippen MR) is 133 cm³/mol. The number of nitrogens with one attached hydrogen (secondary N) is 3. The molecule has 0 aromatic carbocycles. The molecule has 0 bridgehead atoms. The van der Waals surface area contributed by atoms with E-state index in [0.29, 0.717) is 6.42 Å². The number of carboxylic acids is 1. The Bertz CT molecular complexity index is 861. The van der Waals surface area contributed by atoms with E-state index in [1.54, 1.807) is 6.92 Å². The molecular formula is C21H39N9O7. The molecule has 0 aliphatic carbocycles. The summed E-state index contributed by atoms with van der Waals surface area (Å²) in [6.07, 6.45) is -0.418. The van der Waals surface area contributed by atoms with Crippen LogP contribution >= 0.6 is 0 Å². The maximum absolute atomic E-state index is 12.9. The van der Waals surface area contributed by atoms with E-state index in [4.69, 9.17) is 28.7 Å². The summed E-state index contributed by atoms with van der Waals surface area (Å²) in [6, 6.07) is -5.23. The van der Waals surface area contributed by atoms with Crippen LogP contribution in [-0.4, -0.2) is 77.3 Å². The van der Waals surface area contributed by atoms with Crippen LogP contribution in [-0.2, 0) is 28.8 Å². The maximum Gasteiger partial charge on any atom is 0.326 e. The molecule has 0 rings (SSSR count). The van der Waals surface area contributed by atoms with Gasteiger partial charge in [0.25, 0.3) is 0 Å². The highest BCUT2D eigenvalue weighted by molar-refractivity contribution is 5.96. The number of carbonyl (C=O) groups excluding carboxylic acids is 5. The van der Waals surface area contributed by atoms with E-state index in [1.165, 1.54) is 0 Å². The quantitative estimate of drug-likeness (QED) is 0.0472. The lowest BCUT2D eigenvalue weighted by molar-refractivity contribution is -0.142. The minimum Gasteiger partial charge on any atom is -0.480 e. The summed E-state index contributed by atoms with van der Waals surface area (Å²) in [5.41, 5.74) is 26.7. The van der Waals surface area contributed by atoms with E-state index in [-0.39, 0.29) is 44.1 Å². The molecule has 37 heavy (non-hydrogen) atoms. The molecule has 0 aromatic heterocycles. The Morgan fingerprint density at radius 3 is 1.84 bits per heavy atom. The van der Waals surface area contributed by atoms with Crippen LogP contribution in [0.2, 0.25) is 0 Å². The zero-order chi connectivity index (χ0) is 28.7. The number of amides is 5. The first-order valence-electron chi connectivity index (χ1n) is 11.7. The number of rotatable bonds is 18. The highest BCUT2D eigenvalue weighted by Gasteiger charge is 2.31. The monoisotopic (exact) mass is 529 g/mol. The first kappa shape index (κ1) is 33.0. The third kappa shape index (κ3) is 13.6.